The number of hydrogen-bond acceptors (Lipinski definition) is 9. The predicted octanol–water partition coefficient (Wildman–Crippen LogP) is 5.43. The van der Waals surface area contributed by atoms with Crippen molar-refractivity contribution in [1.29, 1.82) is 0 Å². The molecule has 0 saturated carbocycles. The molecular formula is C33H41F2N3O7. The number of halogens is 2. The third kappa shape index (κ3) is 7.23. The van der Waals surface area contributed by atoms with Gasteiger partial charge in [-0.2, -0.15) is 0 Å². The first-order chi connectivity index (χ1) is 21.7. The monoisotopic (exact) mass is 629 g/mol. The molecule has 0 bridgehead atoms. The fraction of sp³-hybridized carbons (Fsp3) is 0.515. The van der Waals surface area contributed by atoms with E-state index in [-0.39, 0.29) is 24.3 Å². The van der Waals surface area contributed by atoms with E-state index >= 15 is 0 Å². The van der Waals surface area contributed by atoms with Gasteiger partial charge in [0.15, 0.2) is 0 Å². The molecule has 5 rings (SSSR count). The zero-order valence-corrected chi connectivity index (χ0v) is 26.2. The minimum absolute atomic E-state index is 0.191. The summed E-state index contributed by atoms with van der Waals surface area (Å²) in [4.78, 5) is 29.5. The molecule has 45 heavy (non-hydrogen) atoms. The number of alkyl halides is 2. The highest BCUT2D eigenvalue weighted by atomic mass is 19.3. The molecule has 2 aromatic carbocycles. The highest BCUT2D eigenvalue weighted by molar-refractivity contribution is 5.95. The van der Waals surface area contributed by atoms with Gasteiger partial charge >= 0.3 is 12.1 Å². The number of fused-ring (bicyclic) bond motifs is 1. The Morgan fingerprint density at radius 1 is 1.09 bits per heavy atom. The van der Waals surface area contributed by atoms with Crippen LogP contribution in [0.25, 0.3) is 10.9 Å². The van der Waals surface area contributed by atoms with Crippen molar-refractivity contribution < 1.29 is 42.1 Å². The van der Waals surface area contributed by atoms with Crippen LogP contribution >= 0.6 is 0 Å². The van der Waals surface area contributed by atoms with Crippen LogP contribution in [0, 0.1) is 6.92 Å². The van der Waals surface area contributed by atoms with Crippen molar-refractivity contribution in [3.05, 3.63) is 58.8 Å². The van der Waals surface area contributed by atoms with Crippen molar-refractivity contribution in [2.24, 2.45) is 0 Å². The van der Waals surface area contributed by atoms with Gasteiger partial charge in [0.2, 0.25) is 0 Å². The van der Waals surface area contributed by atoms with Gasteiger partial charge in [-0.1, -0.05) is 19.4 Å². The van der Waals surface area contributed by atoms with E-state index in [9.17, 15) is 18.4 Å². The van der Waals surface area contributed by atoms with Gasteiger partial charge in [-0.25, -0.2) is 18.4 Å². The Balaban J connectivity index is 1.52. The highest BCUT2D eigenvalue weighted by Crippen LogP contribution is 2.37. The van der Waals surface area contributed by atoms with Crippen LogP contribution in [0.15, 0.2) is 36.5 Å². The van der Waals surface area contributed by atoms with Gasteiger partial charge in [0.25, 0.3) is 6.43 Å². The Labute approximate surface area is 261 Å². The number of esters is 1. The SMILES string of the molecule is CCCCOC(=O)n1ccc2c(CN3CCN(CC(F)F)C[C@@H]3c3ccc(C(=O)OC)c(OC4COC4)c3)c(OC)cc(C)c21. The average molecular weight is 630 g/mol. The van der Waals surface area contributed by atoms with E-state index < -0.39 is 18.5 Å². The van der Waals surface area contributed by atoms with E-state index in [4.69, 9.17) is 23.7 Å². The molecule has 244 valence electrons. The Kier molecular flexibility index (Phi) is 10.6. The van der Waals surface area contributed by atoms with E-state index in [1.54, 1.807) is 30.3 Å². The number of benzene rings is 2. The molecule has 2 aliphatic rings. The summed E-state index contributed by atoms with van der Waals surface area (Å²) in [6, 6.07) is 8.78. The molecule has 0 unspecified atom stereocenters. The van der Waals surface area contributed by atoms with E-state index in [1.165, 1.54) is 11.7 Å². The average Bonchev–Trinajstić information content (AvgIpc) is 3.46. The first-order valence-electron chi connectivity index (χ1n) is 15.3. The minimum atomic E-state index is -2.47. The fourth-order valence-corrected chi connectivity index (χ4v) is 5.96. The summed E-state index contributed by atoms with van der Waals surface area (Å²) in [6.07, 6.45) is 0.316. The summed E-state index contributed by atoms with van der Waals surface area (Å²) in [7, 11) is 2.92. The summed E-state index contributed by atoms with van der Waals surface area (Å²) in [5.41, 5.74) is 3.58. The van der Waals surface area contributed by atoms with Gasteiger partial charge in [0, 0.05) is 49.4 Å². The topological polar surface area (TPSA) is 91.7 Å². The Morgan fingerprint density at radius 2 is 1.89 bits per heavy atom. The number of nitrogens with zero attached hydrogens (tertiary/aromatic N) is 3. The first-order valence-corrected chi connectivity index (χ1v) is 15.3. The number of aromatic nitrogens is 1. The molecule has 2 aliphatic heterocycles. The number of carbonyl (C=O) groups excluding carboxylic acids is 2. The number of unbranched alkanes of at least 4 members (excludes halogenated alkanes) is 1. The van der Waals surface area contributed by atoms with Crippen LogP contribution in [-0.4, -0.2) is 99.2 Å². The normalized spacial score (nSPS) is 17.8. The van der Waals surface area contributed by atoms with Crippen LogP contribution in [0.3, 0.4) is 0 Å². The van der Waals surface area contributed by atoms with Gasteiger partial charge in [-0.15, -0.1) is 0 Å². The molecule has 0 amide bonds. The predicted molar refractivity (Wildman–Crippen MR) is 163 cm³/mol. The number of methoxy groups -OCH3 is 2. The third-order valence-electron chi connectivity index (χ3n) is 8.40. The molecule has 2 saturated heterocycles. The zero-order valence-electron chi connectivity index (χ0n) is 26.2. The van der Waals surface area contributed by atoms with Crippen molar-refractivity contribution >= 4 is 23.0 Å². The van der Waals surface area contributed by atoms with Crippen LogP contribution in [0.4, 0.5) is 13.6 Å². The Hall–Kier alpha value is -3.74. The van der Waals surface area contributed by atoms with Crippen LogP contribution in [0.1, 0.15) is 52.9 Å². The highest BCUT2D eigenvalue weighted by Gasteiger charge is 2.33. The summed E-state index contributed by atoms with van der Waals surface area (Å²) in [5.74, 6) is 0.509. The largest absolute Gasteiger partial charge is 0.496 e. The van der Waals surface area contributed by atoms with Crippen molar-refractivity contribution in [3.63, 3.8) is 0 Å². The number of piperazine rings is 1. The second kappa shape index (κ2) is 14.6. The van der Waals surface area contributed by atoms with E-state index in [0.717, 1.165) is 40.4 Å². The molecule has 0 aliphatic carbocycles. The molecule has 0 N–H and O–H groups in total. The maximum atomic E-state index is 13.5. The lowest BCUT2D eigenvalue weighted by atomic mass is 9.97. The van der Waals surface area contributed by atoms with Gasteiger partial charge in [-0.3, -0.25) is 14.4 Å². The Morgan fingerprint density at radius 3 is 2.56 bits per heavy atom. The number of carbonyl (C=O) groups is 2. The lowest BCUT2D eigenvalue weighted by Crippen LogP contribution is -2.49. The lowest BCUT2D eigenvalue weighted by Gasteiger charge is -2.42. The third-order valence-corrected chi connectivity index (χ3v) is 8.40. The molecule has 3 aromatic rings. The molecule has 0 spiro atoms. The molecule has 0 radical (unpaired) electrons. The number of rotatable bonds is 12. The Bertz CT molecular complexity index is 1510. The maximum Gasteiger partial charge on any atom is 0.418 e. The smallest absolute Gasteiger partial charge is 0.418 e. The first kappa shape index (κ1) is 32.6. The molecule has 12 heteroatoms. The van der Waals surface area contributed by atoms with Crippen molar-refractivity contribution in [2.45, 2.75) is 51.8 Å². The van der Waals surface area contributed by atoms with Crippen LogP contribution in [-0.2, 0) is 20.8 Å². The van der Waals surface area contributed by atoms with Crippen LogP contribution < -0.4 is 9.47 Å². The maximum absolute atomic E-state index is 13.5. The summed E-state index contributed by atoms with van der Waals surface area (Å²) >= 11 is 0. The summed E-state index contributed by atoms with van der Waals surface area (Å²) in [6.45, 7) is 6.51. The molecule has 1 atom stereocenters. The zero-order chi connectivity index (χ0) is 32.1. The molecule has 3 heterocycles. The van der Waals surface area contributed by atoms with Crippen LogP contribution in [0.2, 0.25) is 0 Å². The lowest BCUT2D eigenvalue weighted by molar-refractivity contribution is -0.0800. The van der Waals surface area contributed by atoms with Crippen molar-refractivity contribution in [2.75, 3.05) is 60.2 Å². The van der Waals surface area contributed by atoms with Gasteiger partial charge in [-0.05, 0) is 48.7 Å². The molecule has 2 fully saturated rings. The standard InChI is InChI=1S/C33H41F2N3O7/c1-5-6-13-44-33(40)38-10-9-24-26(28(41-3)14-21(2)31(24)38)16-37-12-11-36(18-30(34)35)17-27(37)22-7-8-25(32(39)42-4)29(15-22)45-23-19-43-20-23/h7-10,14-15,23,27,30H,5-6,11-13,16-20H2,1-4H3/t27-/m1/s1. The summed E-state index contributed by atoms with van der Waals surface area (Å²) < 4.78 is 56.2. The molecule has 10 nitrogen and oxygen atoms in total. The van der Waals surface area contributed by atoms with Crippen molar-refractivity contribution in [3.8, 4) is 11.5 Å². The number of aryl methyl sites for hydroxylation is 1. The quantitative estimate of drug-likeness (QED) is 0.192. The molecular weight excluding hydrogens is 588 g/mol. The van der Waals surface area contributed by atoms with Crippen LogP contribution in [0.5, 0.6) is 11.5 Å². The second-order valence-corrected chi connectivity index (χ2v) is 11.5. The van der Waals surface area contributed by atoms with E-state index in [2.05, 4.69) is 4.90 Å². The summed E-state index contributed by atoms with van der Waals surface area (Å²) in [5, 5.41) is 0.850. The van der Waals surface area contributed by atoms with Gasteiger partial charge in [0.05, 0.1) is 46.1 Å². The number of ether oxygens (including phenoxy) is 5. The second-order valence-electron chi connectivity index (χ2n) is 11.5. The van der Waals surface area contributed by atoms with Gasteiger partial charge < -0.3 is 23.7 Å². The fourth-order valence-electron chi connectivity index (χ4n) is 5.96. The molecule has 1 aromatic heterocycles. The van der Waals surface area contributed by atoms with E-state index in [1.807, 2.05) is 32.0 Å². The van der Waals surface area contributed by atoms with Gasteiger partial charge in [0.1, 0.15) is 23.2 Å². The minimum Gasteiger partial charge on any atom is -0.496 e. The number of hydrogen-bond donors (Lipinski definition) is 0. The van der Waals surface area contributed by atoms with E-state index in [0.29, 0.717) is 57.5 Å². The van der Waals surface area contributed by atoms with Crippen molar-refractivity contribution in [1.82, 2.24) is 14.4 Å².